The Balaban J connectivity index is 2.01. The maximum atomic E-state index is 10.9. The average Bonchev–Trinajstić information content (AvgIpc) is 3.00. The average molecular weight is 314 g/mol. The Kier molecular flexibility index (Phi) is 3.89. The monoisotopic (exact) mass is 313 g/mol. The van der Waals surface area contributed by atoms with E-state index in [9.17, 15) is 10.1 Å². The molecule has 3 rings (SSSR count). The van der Waals surface area contributed by atoms with E-state index in [4.69, 9.17) is 11.6 Å². The molecule has 0 saturated carbocycles. The number of rotatable bonds is 4. The van der Waals surface area contributed by atoms with Crippen LogP contribution in [0.15, 0.2) is 61.2 Å². The van der Waals surface area contributed by atoms with Gasteiger partial charge in [0.2, 0.25) is 0 Å². The minimum absolute atomic E-state index is 0.0856. The third kappa shape index (κ3) is 2.84. The fraction of sp³-hybridized carbons (Fsp3) is 0.0625. The molecule has 0 bridgehead atoms. The van der Waals surface area contributed by atoms with Crippen molar-refractivity contribution in [1.29, 1.82) is 0 Å². The van der Waals surface area contributed by atoms with Crippen LogP contribution in [0.1, 0.15) is 5.56 Å². The van der Waals surface area contributed by atoms with E-state index in [-0.39, 0.29) is 10.7 Å². The fourth-order valence-electron chi connectivity index (χ4n) is 2.34. The van der Waals surface area contributed by atoms with Crippen LogP contribution in [-0.4, -0.2) is 14.5 Å². The zero-order chi connectivity index (χ0) is 15.5. The van der Waals surface area contributed by atoms with Gasteiger partial charge in [0.1, 0.15) is 5.02 Å². The van der Waals surface area contributed by atoms with Crippen molar-refractivity contribution in [2.24, 2.45) is 0 Å². The van der Waals surface area contributed by atoms with Gasteiger partial charge in [-0.25, -0.2) is 4.98 Å². The highest BCUT2D eigenvalue weighted by atomic mass is 35.5. The number of aromatic nitrogens is 2. The van der Waals surface area contributed by atoms with E-state index in [0.717, 1.165) is 16.7 Å². The number of hydrogen-bond acceptors (Lipinski definition) is 3. The molecule has 110 valence electrons. The Hall–Kier alpha value is -2.66. The number of hydrogen-bond donors (Lipinski definition) is 0. The molecule has 1 aromatic heterocycles. The van der Waals surface area contributed by atoms with Gasteiger partial charge in [-0.05, 0) is 28.8 Å². The second-order valence-corrected chi connectivity index (χ2v) is 5.22. The molecule has 0 fully saturated rings. The summed E-state index contributed by atoms with van der Waals surface area (Å²) in [6.45, 7) is 0.671. The molecular formula is C16H12ClN3O2. The first-order valence-corrected chi connectivity index (χ1v) is 7.01. The Bertz CT molecular complexity index is 816. The number of benzene rings is 2. The molecule has 0 unspecified atom stereocenters. The highest BCUT2D eigenvalue weighted by Gasteiger charge is 2.14. The molecule has 22 heavy (non-hydrogen) atoms. The summed E-state index contributed by atoms with van der Waals surface area (Å²) in [4.78, 5) is 14.4. The van der Waals surface area contributed by atoms with E-state index in [1.54, 1.807) is 24.7 Å². The predicted octanol–water partition coefficient (Wildman–Crippen LogP) is 4.16. The van der Waals surface area contributed by atoms with Crippen molar-refractivity contribution in [2.45, 2.75) is 6.54 Å². The van der Waals surface area contributed by atoms with E-state index < -0.39 is 4.92 Å². The zero-order valence-corrected chi connectivity index (χ0v) is 12.3. The lowest BCUT2D eigenvalue weighted by atomic mass is 9.99. The minimum Gasteiger partial charge on any atom is -0.333 e. The normalized spacial score (nSPS) is 10.6. The molecule has 0 saturated heterocycles. The Morgan fingerprint density at radius 1 is 1.23 bits per heavy atom. The lowest BCUT2D eigenvalue weighted by molar-refractivity contribution is -0.384. The zero-order valence-electron chi connectivity index (χ0n) is 11.5. The topological polar surface area (TPSA) is 61.0 Å². The predicted molar refractivity (Wildman–Crippen MR) is 84.9 cm³/mol. The first-order chi connectivity index (χ1) is 10.6. The molecule has 6 heteroatoms. The lowest BCUT2D eigenvalue weighted by Gasteiger charge is -2.10. The van der Waals surface area contributed by atoms with Crippen LogP contribution in [0.2, 0.25) is 5.02 Å². The summed E-state index contributed by atoms with van der Waals surface area (Å²) in [5.74, 6) is 0. The van der Waals surface area contributed by atoms with Gasteiger partial charge in [0.25, 0.3) is 5.69 Å². The van der Waals surface area contributed by atoms with Crippen molar-refractivity contribution in [1.82, 2.24) is 9.55 Å². The van der Waals surface area contributed by atoms with Crippen LogP contribution in [0.4, 0.5) is 5.69 Å². The van der Waals surface area contributed by atoms with Crippen LogP contribution in [0, 0.1) is 10.1 Å². The Morgan fingerprint density at radius 2 is 2.05 bits per heavy atom. The third-order valence-corrected chi connectivity index (χ3v) is 3.69. The first kappa shape index (κ1) is 14.3. The second-order valence-electron chi connectivity index (χ2n) is 4.82. The van der Waals surface area contributed by atoms with Gasteiger partial charge in [-0.2, -0.15) is 0 Å². The van der Waals surface area contributed by atoms with E-state index in [2.05, 4.69) is 4.98 Å². The number of nitrogens with zero attached hydrogens (tertiary/aromatic N) is 3. The summed E-state index contributed by atoms with van der Waals surface area (Å²) in [5, 5.41) is 11.0. The van der Waals surface area contributed by atoms with Crippen LogP contribution in [0.3, 0.4) is 0 Å². The standard InChI is InChI=1S/C16H12ClN3O2/c17-15-9-12(5-6-16(15)20(21)22)14-4-2-1-3-13(14)10-19-8-7-18-11-19/h1-9,11H,10H2. The third-order valence-electron chi connectivity index (χ3n) is 3.38. The Labute approximate surface area is 132 Å². The molecule has 5 nitrogen and oxygen atoms in total. The van der Waals surface area contributed by atoms with Gasteiger partial charge in [0, 0.05) is 25.0 Å². The van der Waals surface area contributed by atoms with E-state index in [0.29, 0.717) is 6.54 Å². The molecule has 3 aromatic rings. The van der Waals surface area contributed by atoms with Crippen molar-refractivity contribution in [3.8, 4) is 11.1 Å². The van der Waals surface area contributed by atoms with Gasteiger partial charge in [-0.1, -0.05) is 35.9 Å². The maximum Gasteiger partial charge on any atom is 0.287 e. The second kappa shape index (κ2) is 5.99. The summed E-state index contributed by atoms with van der Waals surface area (Å²) < 4.78 is 1.96. The van der Waals surface area contributed by atoms with Crippen LogP contribution < -0.4 is 0 Å². The molecular weight excluding hydrogens is 302 g/mol. The quantitative estimate of drug-likeness (QED) is 0.536. The molecule has 0 atom stereocenters. The van der Waals surface area contributed by atoms with Crippen LogP contribution in [-0.2, 0) is 6.54 Å². The molecule has 1 heterocycles. The van der Waals surface area contributed by atoms with Crippen molar-refractivity contribution < 1.29 is 4.92 Å². The smallest absolute Gasteiger partial charge is 0.287 e. The van der Waals surface area contributed by atoms with Crippen molar-refractivity contribution in [3.05, 3.63) is 81.9 Å². The summed E-state index contributed by atoms with van der Waals surface area (Å²) >= 11 is 6.01. The molecule has 0 aliphatic rings. The molecule has 2 aromatic carbocycles. The molecule has 0 N–H and O–H groups in total. The molecule has 0 aliphatic heterocycles. The largest absolute Gasteiger partial charge is 0.333 e. The van der Waals surface area contributed by atoms with Crippen LogP contribution in [0.5, 0.6) is 0 Å². The number of halogens is 1. The van der Waals surface area contributed by atoms with Crippen molar-refractivity contribution in [3.63, 3.8) is 0 Å². The summed E-state index contributed by atoms with van der Waals surface area (Å²) in [6, 6.07) is 12.7. The molecule has 0 spiro atoms. The van der Waals surface area contributed by atoms with Crippen LogP contribution >= 0.6 is 11.6 Å². The highest BCUT2D eigenvalue weighted by molar-refractivity contribution is 6.32. The minimum atomic E-state index is -0.483. The lowest BCUT2D eigenvalue weighted by Crippen LogP contribution is -1.99. The number of nitro groups is 1. The summed E-state index contributed by atoms with van der Waals surface area (Å²) in [7, 11) is 0. The van der Waals surface area contributed by atoms with Gasteiger partial charge in [-0.3, -0.25) is 10.1 Å². The van der Waals surface area contributed by atoms with Gasteiger partial charge >= 0.3 is 0 Å². The summed E-state index contributed by atoms with van der Waals surface area (Å²) in [6.07, 6.45) is 5.37. The van der Waals surface area contributed by atoms with Crippen molar-refractivity contribution in [2.75, 3.05) is 0 Å². The maximum absolute atomic E-state index is 10.9. The SMILES string of the molecule is O=[N+]([O-])c1ccc(-c2ccccc2Cn2ccnc2)cc1Cl. The molecule has 0 aliphatic carbocycles. The fourth-order valence-corrected chi connectivity index (χ4v) is 2.59. The molecule has 0 amide bonds. The van der Waals surface area contributed by atoms with E-state index >= 15 is 0 Å². The number of nitro benzene ring substituents is 1. The van der Waals surface area contributed by atoms with Crippen molar-refractivity contribution >= 4 is 17.3 Å². The van der Waals surface area contributed by atoms with Gasteiger partial charge in [0.15, 0.2) is 0 Å². The van der Waals surface area contributed by atoms with Gasteiger partial charge < -0.3 is 4.57 Å². The van der Waals surface area contributed by atoms with E-state index in [1.165, 1.54) is 6.07 Å². The number of imidazole rings is 1. The highest BCUT2D eigenvalue weighted by Crippen LogP contribution is 2.31. The molecule has 0 radical (unpaired) electrons. The van der Waals surface area contributed by atoms with Gasteiger partial charge in [-0.15, -0.1) is 0 Å². The summed E-state index contributed by atoms with van der Waals surface area (Å²) in [5.41, 5.74) is 2.85. The van der Waals surface area contributed by atoms with Gasteiger partial charge in [0.05, 0.1) is 11.3 Å². The Morgan fingerprint density at radius 3 is 2.73 bits per heavy atom. The van der Waals surface area contributed by atoms with E-state index in [1.807, 2.05) is 35.0 Å². The first-order valence-electron chi connectivity index (χ1n) is 6.63. The van der Waals surface area contributed by atoms with Crippen LogP contribution in [0.25, 0.3) is 11.1 Å².